The summed E-state index contributed by atoms with van der Waals surface area (Å²) in [5.41, 5.74) is 3.53. The third-order valence-corrected chi connectivity index (χ3v) is 4.01. The minimum absolute atomic E-state index is 0.0769. The minimum Gasteiger partial charge on any atom is -0.344 e. The van der Waals surface area contributed by atoms with Crippen LogP contribution < -0.4 is 5.32 Å². The number of carbonyl (C=O) groups is 1. The van der Waals surface area contributed by atoms with Gasteiger partial charge in [0.25, 0.3) is 5.91 Å². The fourth-order valence-corrected chi connectivity index (χ4v) is 2.75. The van der Waals surface area contributed by atoms with Crippen LogP contribution >= 0.6 is 0 Å². The molecule has 0 saturated carbocycles. The lowest BCUT2D eigenvalue weighted by atomic mass is 9.98. The second-order valence-corrected chi connectivity index (χ2v) is 5.60. The molecule has 0 unspecified atom stereocenters. The molecule has 0 aliphatic rings. The maximum atomic E-state index is 12.8. The van der Waals surface area contributed by atoms with Gasteiger partial charge in [-0.3, -0.25) is 9.78 Å². The molecule has 1 aromatic heterocycles. The van der Waals surface area contributed by atoms with Crippen LogP contribution in [0, 0.1) is 0 Å². The Morgan fingerprint density at radius 1 is 0.958 bits per heavy atom. The molecule has 1 amide bonds. The van der Waals surface area contributed by atoms with Crippen molar-refractivity contribution in [3.63, 3.8) is 0 Å². The number of carbonyl (C=O) groups excluding carboxylic acids is 1. The molecule has 120 valence electrons. The highest BCUT2D eigenvalue weighted by Crippen LogP contribution is 2.24. The normalized spacial score (nSPS) is 11.7. The van der Waals surface area contributed by atoms with E-state index in [1.807, 2.05) is 79.7 Å². The first-order chi connectivity index (χ1) is 11.8. The third-order valence-electron chi connectivity index (χ3n) is 4.01. The topological polar surface area (TPSA) is 42.0 Å². The van der Waals surface area contributed by atoms with Crippen molar-refractivity contribution in [2.45, 2.75) is 19.4 Å². The summed E-state index contributed by atoms with van der Waals surface area (Å²) in [5.74, 6) is -0.0769. The Balaban J connectivity index is 1.88. The zero-order chi connectivity index (χ0) is 16.8. The summed E-state index contributed by atoms with van der Waals surface area (Å²) in [6.07, 6.45) is 2.54. The van der Waals surface area contributed by atoms with Gasteiger partial charge in [-0.2, -0.15) is 0 Å². The third kappa shape index (κ3) is 3.51. The van der Waals surface area contributed by atoms with Crippen LogP contribution in [0.1, 0.15) is 35.4 Å². The highest BCUT2D eigenvalue weighted by atomic mass is 16.1. The van der Waals surface area contributed by atoms with Gasteiger partial charge in [0.2, 0.25) is 0 Å². The van der Waals surface area contributed by atoms with Crippen molar-refractivity contribution in [2.75, 3.05) is 0 Å². The highest BCUT2D eigenvalue weighted by molar-refractivity contribution is 6.01. The summed E-state index contributed by atoms with van der Waals surface area (Å²) in [6.45, 7) is 2.04. The summed E-state index contributed by atoms with van der Waals surface area (Å²) >= 11 is 0. The van der Waals surface area contributed by atoms with E-state index in [1.54, 1.807) is 6.20 Å². The molecular weight excluding hydrogens is 296 g/mol. The number of aromatic nitrogens is 1. The molecule has 0 radical (unpaired) electrons. The van der Waals surface area contributed by atoms with E-state index >= 15 is 0 Å². The van der Waals surface area contributed by atoms with Gasteiger partial charge in [-0.25, -0.2) is 0 Å². The van der Waals surface area contributed by atoms with Crippen molar-refractivity contribution >= 4 is 5.91 Å². The number of nitrogens with zero attached hydrogens (tertiary/aromatic N) is 1. The van der Waals surface area contributed by atoms with E-state index in [2.05, 4.69) is 10.3 Å². The van der Waals surface area contributed by atoms with Crippen LogP contribution in [0.3, 0.4) is 0 Å². The number of hydrogen-bond acceptors (Lipinski definition) is 2. The second kappa shape index (κ2) is 7.55. The Hall–Kier alpha value is -2.94. The molecule has 3 aromatic rings. The van der Waals surface area contributed by atoms with Gasteiger partial charge in [-0.15, -0.1) is 0 Å². The molecule has 1 atom stereocenters. The zero-order valence-electron chi connectivity index (χ0n) is 13.6. The van der Waals surface area contributed by atoms with Crippen molar-refractivity contribution in [3.05, 3.63) is 90.3 Å². The number of pyridine rings is 1. The Morgan fingerprint density at radius 3 is 2.38 bits per heavy atom. The summed E-state index contributed by atoms with van der Waals surface area (Å²) < 4.78 is 0. The molecule has 0 aliphatic carbocycles. The summed E-state index contributed by atoms with van der Waals surface area (Å²) in [7, 11) is 0. The van der Waals surface area contributed by atoms with Gasteiger partial charge in [0, 0.05) is 11.8 Å². The molecule has 24 heavy (non-hydrogen) atoms. The fourth-order valence-electron chi connectivity index (χ4n) is 2.75. The van der Waals surface area contributed by atoms with Crippen LogP contribution in [0.15, 0.2) is 79.0 Å². The molecule has 1 N–H and O–H groups in total. The first kappa shape index (κ1) is 15.9. The summed E-state index contributed by atoms with van der Waals surface area (Å²) in [5, 5.41) is 3.11. The van der Waals surface area contributed by atoms with Gasteiger partial charge in [-0.05, 0) is 35.7 Å². The Kier molecular flexibility index (Phi) is 5.02. The first-order valence-electron chi connectivity index (χ1n) is 8.16. The molecule has 1 heterocycles. The molecule has 0 aliphatic heterocycles. The molecule has 3 rings (SSSR count). The summed E-state index contributed by atoms with van der Waals surface area (Å²) in [6, 6.07) is 23.3. The van der Waals surface area contributed by atoms with Gasteiger partial charge in [0.05, 0.1) is 11.7 Å². The monoisotopic (exact) mass is 316 g/mol. The van der Waals surface area contributed by atoms with Crippen LogP contribution in [0.5, 0.6) is 0 Å². The lowest BCUT2D eigenvalue weighted by molar-refractivity contribution is 0.0935. The molecule has 0 spiro atoms. The average molecular weight is 316 g/mol. The number of benzene rings is 2. The summed E-state index contributed by atoms with van der Waals surface area (Å²) in [4.78, 5) is 17.2. The number of nitrogens with one attached hydrogen (secondary N) is 1. The van der Waals surface area contributed by atoms with E-state index < -0.39 is 0 Å². The molecule has 0 bridgehead atoms. The van der Waals surface area contributed by atoms with Gasteiger partial charge in [0.1, 0.15) is 0 Å². The van der Waals surface area contributed by atoms with Crippen LogP contribution in [0.4, 0.5) is 0 Å². The second-order valence-electron chi connectivity index (χ2n) is 5.60. The van der Waals surface area contributed by atoms with Crippen LogP contribution in [0.25, 0.3) is 11.1 Å². The van der Waals surface area contributed by atoms with Crippen molar-refractivity contribution in [1.82, 2.24) is 10.3 Å². The fraction of sp³-hybridized carbons (Fsp3) is 0.143. The Bertz CT molecular complexity index is 800. The smallest absolute Gasteiger partial charge is 0.252 e. The van der Waals surface area contributed by atoms with Crippen LogP contribution in [-0.2, 0) is 0 Å². The maximum absolute atomic E-state index is 12.8. The Morgan fingerprint density at radius 2 is 1.67 bits per heavy atom. The maximum Gasteiger partial charge on any atom is 0.252 e. The molecule has 0 saturated heterocycles. The molecule has 0 fully saturated rings. The van der Waals surface area contributed by atoms with Gasteiger partial charge < -0.3 is 5.32 Å². The standard InChI is InChI=1S/C21H20N2O/c1-2-19(20-14-8-9-15-22-20)23-21(24)18-13-7-6-12-17(18)16-10-4-3-5-11-16/h3-15,19H,2H2,1H3,(H,23,24)/t19-/m0/s1. The lowest BCUT2D eigenvalue weighted by Crippen LogP contribution is -2.29. The van der Waals surface area contributed by atoms with Gasteiger partial charge in [0.15, 0.2) is 0 Å². The number of rotatable bonds is 5. The van der Waals surface area contributed by atoms with Gasteiger partial charge >= 0.3 is 0 Å². The van der Waals surface area contributed by atoms with E-state index in [1.165, 1.54) is 0 Å². The zero-order valence-corrected chi connectivity index (χ0v) is 13.6. The van der Waals surface area contributed by atoms with E-state index in [0.29, 0.717) is 5.56 Å². The Labute approximate surface area is 142 Å². The quantitative estimate of drug-likeness (QED) is 0.745. The van der Waals surface area contributed by atoms with E-state index in [0.717, 1.165) is 23.2 Å². The van der Waals surface area contributed by atoms with Crippen LogP contribution in [0.2, 0.25) is 0 Å². The molecule has 3 heteroatoms. The average Bonchev–Trinajstić information content (AvgIpc) is 2.67. The SMILES string of the molecule is CC[C@H](NC(=O)c1ccccc1-c1ccccc1)c1ccccn1. The lowest BCUT2D eigenvalue weighted by Gasteiger charge is -2.18. The van der Waals surface area contributed by atoms with Gasteiger partial charge in [-0.1, -0.05) is 61.5 Å². The number of hydrogen-bond donors (Lipinski definition) is 1. The molecule has 3 nitrogen and oxygen atoms in total. The minimum atomic E-state index is -0.0949. The van der Waals surface area contributed by atoms with E-state index in [9.17, 15) is 4.79 Å². The molecular formula is C21H20N2O. The van der Waals surface area contributed by atoms with E-state index in [-0.39, 0.29) is 11.9 Å². The number of amides is 1. The predicted molar refractivity (Wildman–Crippen MR) is 96.6 cm³/mol. The highest BCUT2D eigenvalue weighted by Gasteiger charge is 2.17. The van der Waals surface area contributed by atoms with Crippen LogP contribution in [-0.4, -0.2) is 10.9 Å². The largest absolute Gasteiger partial charge is 0.344 e. The van der Waals surface area contributed by atoms with Crippen molar-refractivity contribution in [2.24, 2.45) is 0 Å². The van der Waals surface area contributed by atoms with Crippen molar-refractivity contribution < 1.29 is 4.79 Å². The van der Waals surface area contributed by atoms with Crippen molar-refractivity contribution in [1.29, 1.82) is 0 Å². The van der Waals surface area contributed by atoms with E-state index in [4.69, 9.17) is 0 Å². The predicted octanol–water partition coefficient (Wildman–Crippen LogP) is 4.63. The molecule has 2 aromatic carbocycles. The first-order valence-corrected chi connectivity index (χ1v) is 8.16. The van der Waals surface area contributed by atoms with Crippen molar-refractivity contribution in [3.8, 4) is 11.1 Å².